The number of aromatic nitrogens is 4. The number of nitrogens with one attached hydrogen (secondary N) is 1. The minimum Gasteiger partial charge on any atom is -0.368 e. The maximum Gasteiger partial charge on any atom is 0.326 e. The summed E-state index contributed by atoms with van der Waals surface area (Å²) in [6.45, 7) is 1.72. The molecule has 2 aromatic heterocycles. The summed E-state index contributed by atoms with van der Waals surface area (Å²) in [5, 5.41) is 0.468. The Morgan fingerprint density at radius 3 is 2.56 bits per heavy atom. The smallest absolute Gasteiger partial charge is 0.326 e. The van der Waals surface area contributed by atoms with E-state index in [-0.39, 0.29) is 23.8 Å². The maximum absolute atomic E-state index is 13.0. The first-order valence-corrected chi connectivity index (χ1v) is 10.7. The van der Waals surface area contributed by atoms with Crippen LogP contribution in [0.4, 0.5) is 0 Å². The molecule has 1 fully saturated rings. The van der Waals surface area contributed by atoms with Gasteiger partial charge in [-0.25, -0.2) is 9.78 Å². The van der Waals surface area contributed by atoms with Gasteiger partial charge < -0.3 is 10.7 Å². The molecule has 0 bridgehead atoms. The van der Waals surface area contributed by atoms with Gasteiger partial charge in [0.05, 0.1) is 28.5 Å². The third-order valence-corrected chi connectivity index (χ3v) is 6.17. The standard InChI is InChI=1S/C23H24N6O3/c24-20(30)13-28-21(25-17-6-2-1-5-16(17)22(28)31)14-27-11-9-15(10-12-27)29-19-8-4-3-7-18(19)26-23(29)32/h1-8,15H,9-14H2,(H2,24,30)(H,26,32). The van der Waals surface area contributed by atoms with E-state index in [1.807, 2.05) is 34.9 Å². The van der Waals surface area contributed by atoms with Gasteiger partial charge in [-0.1, -0.05) is 24.3 Å². The second kappa shape index (κ2) is 8.08. The molecule has 32 heavy (non-hydrogen) atoms. The van der Waals surface area contributed by atoms with Crippen molar-refractivity contribution in [3.05, 3.63) is 75.2 Å². The lowest BCUT2D eigenvalue weighted by atomic mass is 10.0. The molecule has 0 unspecified atom stereocenters. The first-order valence-electron chi connectivity index (χ1n) is 10.7. The third-order valence-electron chi connectivity index (χ3n) is 6.17. The summed E-state index contributed by atoms with van der Waals surface area (Å²) >= 11 is 0. The van der Waals surface area contributed by atoms with Crippen LogP contribution in [0.2, 0.25) is 0 Å². The number of hydrogen-bond donors (Lipinski definition) is 2. The van der Waals surface area contributed by atoms with Gasteiger partial charge in [0.1, 0.15) is 12.4 Å². The molecule has 9 nitrogen and oxygen atoms in total. The lowest BCUT2D eigenvalue weighted by Gasteiger charge is -2.32. The number of likely N-dealkylation sites (tertiary alicyclic amines) is 1. The number of hydrogen-bond acceptors (Lipinski definition) is 5. The van der Waals surface area contributed by atoms with Gasteiger partial charge in [-0.05, 0) is 37.1 Å². The van der Waals surface area contributed by atoms with Crippen LogP contribution in [0.1, 0.15) is 24.7 Å². The largest absolute Gasteiger partial charge is 0.368 e. The maximum atomic E-state index is 13.0. The number of aromatic amines is 1. The van der Waals surface area contributed by atoms with Crippen molar-refractivity contribution in [2.24, 2.45) is 5.73 Å². The van der Waals surface area contributed by atoms with Crippen molar-refractivity contribution in [2.75, 3.05) is 13.1 Å². The van der Waals surface area contributed by atoms with E-state index < -0.39 is 5.91 Å². The molecule has 0 atom stereocenters. The summed E-state index contributed by atoms with van der Waals surface area (Å²) in [7, 11) is 0. The molecule has 2 aromatic carbocycles. The quantitative estimate of drug-likeness (QED) is 0.494. The number of H-pyrrole nitrogens is 1. The van der Waals surface area contributed by atoms with Crippen molar-refractivity contribution in [1.82, 2.24) is 24.0 Å². The number of benzene rings is 2. The first-order chi connectivity index (χ1) is 15.5. The number of carbonyl (C=O) groups excluding carboxylic acids is 1. The van der Waals surface area contributed by atoms with E-state index in [0.717, 1.165) is 37.0 Å². The molecule has 3 N–H and O–H groups in total. The van der Waals surface area contributed by atoms with Gasteiger partial charge in [0, 0.05) is 19.1 Å². The van der Waals surface area contributed by atoms with Crippen LogP contribution in [0.3, 0.4) is 0 Å². The van der Waals surface area contributed by atoms with Crippen molar-refractivity contribution in [2.45, 2.75) is 32.0 Å². The zero-order valence-corrected chi connectivity index (χ0v) is 17.5. The summed E-state index contributed by atoms with van der Waals surface area (Å²) < 4.78 is 3.23. The van der Waals surface area contributed by atoms with Crippen molar-refractivity contribution in [1.29, 1.82) is 0 Å². The molecule has 4 aromatic rings. The molecule has 9 heteroatoms. The number of nitrogens with two attached hydrogens (primary N) is 1. The van der Waals surface area contributed by atoms with E-state index >= 15 is 0 Å². The molecule has 1 aliphatic heterocycles. The van der Waals surface area contributed by atoms with E-state index in [2.05, 4.69) is 14.9 Å². The highest BCUT2D eigenvalue weighted by Gasteiger charge is 2.25. The van der Waals surface area contributed by atoms with Crippen molar-refractivity contribution in [3.63, 3.8) is 0 Å². The van der Waals surface area contributed by atoms with E-state index in [4.69, 9.17) is 5.73 Å². The minimum absolute atomic E-state index is 0.0869. The van der Waals surface area contributed by atoms with Gasteiger partial charge in [0.2, 0.25) is 5.91 Å². The van der Waals surface area contributed by atoms with Crippen LogP contribution >= 0.6 is 0 Å². The molecule has 1 saturated heterocycles. The minimum atomic E-state index is -0.581. The van der Waals surface area contributed by atoms with Crippen molar-refractivity contribution in [3.8, 4) is 0 Å². The van der Waals surface area contributed by atoms with Crippen LogP contribution in [-0.4, -0.2) is 43.0 Å². The molecule has 164 valence electrons. The normalized spacial score (nSPS) is 15.5. The lowest BCUT2D eigenvalue weighted by Crippen LogP contribution is -2.39. The number of piperidine rings is 1. The highest BCUT2D eigenvalue weighted by molar-refractivity contribution is 5.78. The zero-order valence-electron chi connectivity index (χ0n) is 17.5. The van der Waals surface area contributed by atoms with Gasteiger partial charge in [0.15, 0.2) is 0 Å². The molecular weight excluding hydrogens is 408 g/mol. The summed E-state index contributed by atoms with van der Waals surface area (Å²) in [6.07, 6.45) is 1.60. The number of imidazole rings is 1. The van der Waals surface area contributed by atoms with Gasteiger partial charge in [-0.3, -0.25) is 23.6 Å². The fourth-order valence-corrected chi connectivity index (χ4v) is 4.63. The van der Waals surface area contributed by atoms with Crippen LogP contribution in [-0.2, 0) is 17.9 Å². The molecule has 0 spiro atoms. The topological polar surface area (TPSA) is 119 Å². The second-order valence-electron chi connectivity index (χ2n) is 8.23. The van der Waals surface area contributed by atoms with Crippen LogP contribution < -0.4 is 17.0 Å². The molecule has 5 rings (SSSR count). The summed E-state index contributed by atoms with van der Waals surface area (Å²) in [5.74, 6) is -0.0574. The molecular formula is C23H24N6O3. The molecule has 0 saturated carbocycles. The van der Waals surface area contributed by atoms with E-state index in [0.29, 0.717) is 23.3 Å². The number of primary amides is 1. The van der Waals surface area contributed by atoms with Gasteiger partial charge in [-0.15, -0.1) is 0 Å². The second-order valence-corrected chi connectivity index (χ2v) is 8.23. The third kappa shape index (κ3) is 3.60. The number of para-hydroxylation sites is 3. The molecule has 1 amide bonds. The fraction of sp³-hybridized carbons (Fsp3) is 0.304. The SMILES string of the molecule is NC(=O)Cn1c(CN2CCC(n3c(=O)[nH]c4ccccc43)CC2)nc2ccccc2c1=O. The zero-order chi connectivity index (χ0) is 22.2. The molecule has 0 aliphatic carbocycles. The van der Waals surface area contributed by atoms with Gasteiger partial charge >= 0.3 is 5.69 Å². The van der Waals surface area contributed by atoms with Gasteiger partial charge in [0.25, 0.3) is 5.56 Å². The Balaban J connectivity index is 1.39. The lowest BCUT2D eigenvalue weighted by molar-refractivity contribution is -0.118. The van der Waals surface area contributed by atoms with E-state index in [9.17, 15) is 14.4 Å². The van der Waals surface area contributed by atoms with E-state index in [1.165, 1.54) is 4.57 Å². The molecule has 1 aliphatic rings. The number of carbonyl (C=O) groups is 1. The Labute approximate surface area is 183 Å². The summed E-state index contributed by atoms with van der Waals surface area (Å²) in [5.41, 5.74) is 7.42. The van der Waals surface area contributed by atoms with Crippen LogP contribution in [0.5, 0.6) is 0 Å². The number of rotatable bonds is 5. The van der Waals surface area contributed by atoms with Crippen molar-refractivity contribution < 1.29 is 4.79 Å². The average Bonchev–Trinajstić information content (AvgIpc) is 3.12. The highest BCUT2D eigenvalue weighted by atomic mass is 16.2. The Morgan fingerprint density at radius 2 is 1.78 bits per heavy atom. The highest BCUT2D eigenvalue weighted by Crippen LogP contribution is 2.25. The van der Waals surface area contributed by atoms with Crippen molar-refractivity contribution >= 4 is 27.8 Å². The fourth-order valence-electron chi connectivity index (χ4n) is 4.63. The predicted octanol–water partition coefficient (Wildman–Crippen LogP) is 1.36. The Morgan fingerprint density at radius 1 is 1.06 bits per heavy atom. The van der Waals surface area contributed by atoms with Crippen LogP contribution in [0.15, 0.2) is 58.1 Å². The van der Waals surface area contributed by atoms with E-state index in [1.54, 1.807) is 18.2 Å². The Kier molecular flexibility index (Phi) is 5.10. The summed E-state index contributed by atoms with van der Waals surface area (Å²) in [4.78, 5) is 46.9. The molecule has 3 heterocycles. The summed E-state index contributed by atoms with van der Waals surface area (Å²) in [6, 6.07) is 14.9. The van der Waals surface area contributed by atoms with Crippen LogP contribution in [0.25, 0.3) is 21.9 Å². The van der Waals surface area contributed by atoms with Gasteiger partial charge in [-0.2, -0.15) is 0 Å². The first kappa shape index (κ1) is 20.2. The number of nitrogens with zero attached hydrogens (tertiary/aromatic N) is 4. The monoisotopic (exact) mass is 432 g/mol. The average molecular weight is 432 g/mol. The Hall–Kier alpha value is -3.72. The van der Waals surface area contributed by atoms with Crippen LogP contribution in [0, 0.1) is 0 Å². The molecule has 0 radical (unpaired) electrons. The predicted molar refractivity (Wildman–Crippen MR) is 121 cm³/mol. The number of amides is 1. The Bertz CT molecular complexity index is 1430. The number of fused-ring (bicyclic) bond motifs is 2.